The Balaban J connectivity index is 1.17. The minimum Gasteiger partial charge on any atom is -0.493 e. The van der Waals surface area contributed by atoms with Gasteiger partial charge in [-0.25, -0.2) is 14.0 Å². The summed E-state index contributed by atoms with van der Waals surface area (Å²) >= 11 is 0. The van der Waals surface area contributed by atoms with Gasteiger partial charge in [0.1, 0.15) is 11.4 Å². The van der Waals surface area contributed by atoms with Crippen LogP contribution in [0, 0.1) is 15.9 Å². The predicted molar refractivity (Wildman–Crippen MR) is 180 cm³/mol. The molecule has 0 amide bonds. The first-order valence-electron chi connectivity index (χ1n) is 16.6. The van der Waals surface area contributed by atoms with Gasteiger partial charge in [-0.05, 0) is 61.4 Å². The summed E-state index contributed by atoms with van der Waals surface area (Å²) in [5, 5.41) is 12.7. The van der Waals surface area contributed by atoms with E-state index in [0.717, 1.165) is 57.2 Å². The van der Waals surface area contributed by atoms with Gasteiger partial charge in [-0.1, -0.05) is 31.7 Å². The van der Waals surface area contributed by atoms with E-state index in [9.17, 15) is 24.5 Å². The molecule has 2 fully saturated rings. The Labute approximate surface area is 282 Å². The first-order valence-corrected chi connectivity index (χ1v) is 16.6. The third kappa shape index (κ3) is 9.34. The number of carbonyl (C=O) groups is 2. The van der Waals surface area contributed by atoms with Gasteiger partial charge in [-0.2, -0.15) is 0 Å². The lowest BCUT2D eigenvalue weighted by molar-refractivity contribution is -0.757. The number of nitrogens with zero attached hydrogens (tertiary/aromatic N) is 2. The lowest BCUT2D eigenvalue weighted by atomic mass is 10.00. The lowest BCUT2D eigenvalue weighted by Crippen LogP contribution is -2.44. The minimum atomic E-state index is -0.920. The molecule has 1 saturated carbocycles. The number of aromatic amines is 1. The fourth-order valence-corrected chi connectivity index (χ4v) is 5.94. The Hall–Kier alpha value is -4.98. The van der Waals surface area contributed by atoms with E-state index in [4.69, 9.17) is 14.2 Å². The highest BCUT2D eigenvalue weighted by Gasteiger charge is 2.33. The second kappa shape index (κ2) is 16.9. The van der Waals surface area contributed by atoms with Crippen LogP contribution in [0.3, 0.4) is 0 Å². The highest BCUT2D eigenvalue weighted by Crippen LogP contribution is 2.48. The zero-order valence-corrected chi connectivity index (χ0v) is 27.5. The van der Waals surface area contributed by atoms with Crippen molar-refractivity contribution in [3.8, 4) is 11.5 Å². The summed E-state index contributed by atoms with van der Waals surface area (Å²) in [4.78, 5) is 58.4. The van der Waals surface area contributed by atoms with Crippen LogP contribution in [0.2, 0.25) is 0 Å². The molecule has 14 heteroatoms. The number of rotatable bonds is 17. The molecule has 0 atom stereocenters. The maximum atomic E-state index is 15.6. The minimum absolute atomic E-state index is 0.0657. The number of fused-ring (bicyclic) bond motifs is 1. The van der Waals surface area contributed by atoms with Gasteiger partial charge in [0.05, 0.1) is 31.5 Å². The number of carbonyl (C=O) groups excluding carboxylic acids is 2. The second-order valence-electron chi connectivity index (χ2n) is 12.1. The van der Waals surface area contributed by atoms with Crippen LogP contribution in [-0.2, 0) is 14.4 Å². The number of unbranched alkanes of at least 4 members (excludes halogenated alkanes) is 5. The van der Waals surface area contributed by atoms with Gasteiger partial charge >= 0.3 is 11.9 Å². The molecule has 49 heavy (non-hydrogen) atoms. The molecule has 13 nitrogen and oxygen atoms in total. The van der Waals surface area contributed by atoms with Crippen molar-refractivity contribution in [3.05, 3.63) is 79.4 Å². The quantitative estimate of drug-likeness (QED) is 0.0476. The first kappa shape index (κ1) is 35.3. The average Bonchev–Trinajstić information content (AvgIpc) is 3.94. The summed E-state index contributed by atoms with van der Waals surface area (Å²) in [6.07, 6.45) is 10.8. The standard InChI is InChI=1S/C35H41FN4O9/c1-46-29-20-23(9-13-30(41)47-18-6-4-2-3-5-7-19-48-40(44)45)8-12-28(29)49-35(43)26-22-38-32-25(34(26)42)21-27(36)33(31(32)24-10-11-24)39-16-14-37-15-17-39/h8-9,12-13,20-22,24,37H,2-7,10-11,14-19H2,1H3,(H,38,42). The number of hydrogen-bond acceptors (Lipinski definition) is 11. The number of esters is 2. The Morgan fingerprint density at radius 3 is 2.45 bits per heavy atom. The number of halogens is 1. The summed E-state index contributed by atoms with van der Waals surface area (Å²) in [6.45, 7) is 3.18. The van der Waals surface area contributed by atoms with E-state index in [0.29, 0.717) is 42.7 Å². The molecule has 1 aliphatic heterocycles. The SMILES string of the molecule is COc1cc(C=CC(=O)OCCCCCCCCO[N+](=O)[O-])ccc1OC(=O)c1c[nH]c2c(C3CC3)c(N3CCNCC3)c(F)cc2c1=O. The number of nitrogens with one attached hydrogen (secondary N) is 2. The average molecular weight is 681 g/mol. The summed E-state index contributed by atoms with van der Waals surface area (Å²) in [5.41, 5.74) is 1.56. The fraction of sp³-hybridized carbons (Fsp3) is 0.457. The molecule has 262 valence electrons. The number of H-pyrrole nitrogens is 1. The van der Waals surface area contributed by atoms with Crippen LogP contribution in [0.4, 0.5) is 10.1 Å². The van der Waals surface area contributed by atoms with Gasteiger partial charge in [-0.15, -0.1) is 10.1 Å². The molecule has 1 saturated heterocycles. The van der Waals surface area contributed by atoms with Crippen molar-refractivity contribution in [1.82, 2.24) is 10.3 Å². The van der Waals surface area contributed by atoms with Gasteiger partial charge in [0.25, 0.3) is 5.09 Å². The molecular weight excluding hydrogens is 639 g/mol. The van der Waals surface area contributed by atoms with Crippen LogP contribution < -0.4 is 25.1 Å². The lowest BCUT2D eigenvalue weighted by Gasteiger charge is -2.32. The van der Waals surface area contributed by atoms with Crippen LogP contribution in [0.1, 0.15) is 78.8 Å². The van der Waals surface area contributed by atoms with E-state index in [2.05, 4.69) is 15.1 Å². The number of pyridine rings is 1. The Morgan fingerprint density at radius 1 is 1.04 bits per heavy atom. The molecular formula is C35H41FN4O9. The van der Waals surface area contributed by atoms with E-state index in [1.807, 2.05) is 4.90 Å². The number of anilines is 1. The van der Waals surface area contributed by atoms with Crippen LogP contribution in [-0.4, -0.2) is 68.5 Å². The Bertz CT molecular complexity index is 1750. The molecule has 0 spiro atoms. The zero-order chi connectivity index (χ0) is 34.8. The van der Waals surface area contributed by atoms with Gasteiger partial charge in [-0.3, -0.25) is 4.79 Å². The van der Waals surface area contributed by atoms with Crippen LogP contribution in [0.5, 0.6) is 11.5 Å². The van der Waals surface area contributed by atoms with Crippen molar-refractivity contribution < 1.29 is 38.1 Å². The molecule has 2 aromatic carbocycles. The number of benzene rings is 2. The van der Waals surface area contributed by atoms with Crippen molar-refractivity contribution in [2.24, 2.45) is 0 Å². The summed E-state index contributed by atoms with van der Waals surface area (Å²) in [7, 11) is 1.40. The molecule has 1 aliphatic carbocycles. The normalized spacial score (nSPS) is 14.6. The number of aromatic nitrogens is 1. The van der Waals surface area contributed by atoms with Crippen molar-refractivity contribution in [3.63, 3.8) is 0 Å². The van der Waals surface area contributed by atoms with E-state index < -0.39 is 28.3 Å². The van der Waals surface area contributed by atoms with Crippen molar-refractivity contribution in [1.29, 1.82) is 0 Å². The summed E-state index contributed by atoms with van der Waals surface area (Å²) in [5.74, 6) is -1.49. The molecule has 5 rings (SSSR count). The van der Waals surface area contributed by atoms with E-state index in [1.165, 1.54) is 37.6 Å². The molecule has 2 heterocycles. The molecule has 2 N–H and O–H groups in total. The Kier molecular flexibility index (Phi) is 12.2. The molecule has 0 bridgehead atoms. The highest BCUT2D eigenvalue weighted by atomic mass is 19.1. The molecule has 3 aromatic rings. The van der Waals surface area contributed by atoms with Crippen molar-refractivity contribution in [2.75, 3.05) is 51.4 Å². The highest BCUT2D eigenvalue weighted by molar-refractivity contribution is 5.97. The predicted octanol–water partition coefficient (Wildman–Crippen LogP) is 5.29. The molecule has 1 aromatic heterocycles. The van der Waals surface area contributed by atoms with Crippen LogP contribution in [0.25, 0.3) is 17.0 Å². The first-order chi connectivity index (χ1) is 23.8. The third-order valence-electron chi connectivity index (χ3n) is 8.56. The smallest absolute Gasteiger partial charge is 0.349 e. The van der Waals surface area contributed by atoms with Gasteiger partial charge in [0.2, 0.25) is 5.43 Å². The van der Waals surface area contributed by atoms with Crippen molar-refractivity contribution in [2.45, 2.75) is 57.3 Å². The number of hydrogen-bond donors (Lipinski definition) is 2. The molecule has 0 radical (unpaired) electrons. The fourth-order valence-electron chi connectivity index (χ4n) is 5.94. The number of methoxy groups -OCH3 is 1. The van der Waals surface area contributed by atoms with Gasteiger partial charge in [0.15, 0.2) is 11.5 Å². The third-order valence-corrected chi connectivity index (χ3v) is 8.56. The second-order valence-corrected chi connectivity index (χ2v) is 12.1. The van der Waals surface area contributed by atoms with Crippen LogP contribution in [0.15, 0.2) is 41.3 Å². The van der Waals surface area contributed by atoms with E-state index >= 15 is 4.39 Å². The Morgan fingerprint density at radius 2 is 1.76 bits per heavy atom. The number of ether oxygens (including phenoxy) is 3. The zero-order valence-electron chi connectivity index (χ0n) is 27.5. The van der Waals surface area contributed by atoms with Gasteiger partial charge < -0.3 is 34.2 Å². The van der Waals surface area contributed by atoms with E-state index in [1.54, 1.807) is 12.1 Å². The van der Waals surface area contributed by atoms with Crippen molar-refractivity contribution >= 4 is 34.6 Å². The topological polar surface area (TPSA) is 162 Å². The maximum Gasteiger partial charge on any atom is 0.349 e. The maximum absolute atomic E-state index is 15.6. The van der Waals surface area contributed by atoms with Gasteiger partial charge in [0, 0.05) is 49.4 Å². The monoisotopic (exact) mass is 680 g/mol. The largest absolute Gasteiger partial charge is 0.493 e. The molecule has 2 aliphatic rings. The summed E-state index contributed by atoms with van der Waals surface area (Å²) in [6, 6.07) is 5.89. The number of piperazine rings is 1. The molecule has 0 unspecified atom stereocenters. The van der Waals surface area contributed by atoms with Crippen LogP contribution >= 0.6 is 0 Å². The summed E-state index contributed by atoms with van der Waals surface area (Å²) < 4.78 is 31.8. The van der Waals surface area contributed by atoms with E-state index in [-0.39, 0.29) is 41.6 Å².